The monoisotopic (exact) mass is 454 g/mol. The molecule has 6 nitrogen and oxygen atoms in total. The van der Waals surface area contributed by atoms with Gasteiger partial charge in [0.15, 0.2) is 5.79 Å². The van der Waals surface area contributed by atoms with Gasteiger partial charge in [-0.3, -0.25) is 0 Å². The maximum Gasteiger partial charge on any atom is 0.163 e. The Bertz CT molecular complexity index is 1410. The molecule has 0 amide bonds. The number of aromatic nitrogens is 3. The number of benzene rings is 1. The van der Waals surface area contributed by atoms with Gasteiger partial charge in [0.2, 0.25) is 0 Å². The summed E-state index contributed by atoms with van der Waals surface area (Å²) in [6.07, 6.45) is 7.54. The second kappa shape index (κ2) is 7.03. The summed E-state index contributed by atoms with van der Waals surface area (Å²) in [6, 6.07) is 17.4. The molecule has 5 atom stereocenters. The highest BCUT2D eigenvalue weighted by Gasteiger charge is 2.75. The fourth-order valence-electron chi connectivity index (χ4n) is 6.69. The highest BCUT2D eigenvalue weighted by molar-refractivity contribution is 5.81. The third-order valence-electron chi connectivity index (χ3n) is 8.31. The van der Waals surface area contributed by atoms with Crippen molar-refractivity contribution in [2.75, 3.05) is 12.4 Å². The number of nitrogens with zero attached hydrogens (tertiary/aromatic N) is 3. The number of fused-ring (bicyclic) bond motifs is 5. The summed E-state index contributed by atoms with van der Waals surface area (Å²) < 4.78 is 15.5. The molecule has 174 valence electrons. The van der Waals surface area contributed by atoms with E-state index in [0.717, 1.165) is 29.8 Å². The molecule has 1 aliphatic heterocycles. The lowest BCUT2D eigenvalue weighted by Gasteiger charge is -2.24. The summed E-state index contributed by atoms with van der Waals surface area (Å²) in [4.78, 5) is 9.45. The van der Waals surface area contributed by atoms with E-state index in [2.05, 4.69) is 52.5 Å². The van der Waals surface area contributed by atoms with Crippen LogP contribution in [0.5, 0.6) is 0 Å². The van der Waals surface area contributed by atoms with E-state index in [1.165, 1.54) is 22.8 Å². The third kappa shape index (κ3) is 2.95. The minimum absolute atomic E-state index is 0.0582. The number of nitrogens with one attached hydrogen (secondary N) is 1. The molecule has 4 heterocycles. The van der Waals surface area contributed by atoms with Crippen LogP contribution in [0.3, 0.4) is 0 Å². The Morgan fingerprint density at radius 2 is 1.97 bits per heavy atom. The van der Waals surface area contributed by atoms with Gasteiger partial charge in [-0.15, -0.1) is 0 Å². The molecule has 3 aromatic heterocycles. The van der Waals surface area contributed by atoms with E-state index in [4.69, 9.17) is 19.4 Å². The van der Waals surface area contributed by atoms with Gasteiger partial charge in [0.25, 0.3) is 0 Å². The average Bonchev–Trinajstić information content (AvgIpc) is 3.11. The van der Waals surface area contributed by atoms with E-state index in [9.17, 15) is 0 Å². The summed E-state index contributed by atoms with van der Waals surface area (Å²) in [6.45, 7) is 4.10. The van der Waals surface area contributed by atoms with Crippen LogP contribution >= 0.6 is 0 Å². The fourth-order valence-corrected chi connectivity index (χ4v) is 6.69. The SMILES string of the molecule is CNc1ccc2ccc(CC[C@]34C[C@@H]3[C@@H](n3ccc5cccnc53)[C@@H]3OC(C)(C)O[C@@H]34)cc2n1. The van der Waals surface area contributed by atoms with Crippen LogP contribution in [0, 0.1) is 11.3 Å². The maximum atomic E-state index is 6.58. The van der Waals surface area contributed by atoms with Gasteiger partial charge in [-0.2, -0.15) is 0 Å². The van der Waals surface area contributed by atoms with Crippen molar-refractivity contribution in [3.8, 4) is 0 Å². The van der Waals surface area contributed by atoms with Crippen LogP contribution in [0.25, 0.3) is 21.9 Å². The molecular weight excluding hydrogens is 424 g/mol. The van der Waals surface area contributed by atoms with E-state index in [0.29, 0.717) is 5.92 Å². The predicted molar refractivity (Wildman–Crippen MR) is 133 cm³/mol. The first kappa shape index (κ1) is 20.4. The lowest BCUT2D eigenvalue weighted by molar-refractivity contribution is -0.161. The summed E-state index contributed by atoms with van der Waals surface area (Å²) in [5, 5.41) is 5.50. The standard InChI is InChI=1S/C28H30N4O2/c1-27(2)33-24-23(32-14-11-19-5-4-13-30-26(19)32)20-16-28(20,25(24)34-27)12-10-17-6-7-18-8-9-22(29-3)31-21(18)15-17/h4-9,11,13-15,20,23-25H,10,12,16H2,1-3H3,(H,29,31)/t20-,23-,24+,25+,28+/m1/s1. The van der Waals surface area contributed by atoms with Crippen LogP contribution in [0.2, 0.25) is 0 Å². The van der Waals surface area contributed by atoms with Crippen LogP contribution in [0.15, 0.2) is 60.9 Å². The summed E-state index contributed by atoms with van der Waals surface area (Å²) in [7, 11) is 1.91. The molecule has 1 N–H and O–H groups in total. The van der Waals surface area contributed by atoms with Gasteiger partial charge in [0, 0.05) is 35.6 Å². The number of aryl methyl sites for hydroxylation is 1. The number of hydrogen-bond donors (Lipinski definition) is 1. The molecule has 1 aromatic carbocycles. The van der Waals surface area contributed by atoms with Crippen LogP contribution in [-0.4, -0.2) is 39.6 Å². The van der Waals surface area contributed by atoms with Crippen molar-refractivity contribution in [3.05, 3.63) is 66.5 Å². The van der Waals surface area contributed by atoms with Crippen molar-refractivity contribution in [1.29, 1.82) is 0 Å². The average molecular weight is 455 g/mol. The van der Waals surface area contributed by atoms with Gasteiger partial charge < -0.3 is 19.4 Å². The van der Waals surface area contributed by atoms with E-state index in [1.54, 1.807) is 0 Å². The summed E-state index contributed by atoms with van der Waals surface area (Å²) >= 11 is 0. The second-order valence-corrected chi connectivity index (χ2v) is 10.7. The highest BCUT2D eigenvalue weighted by atomic mass is 16.8. The van der Waals surface area contributed by atoms with Gasteiger partial charge in [-0.1, -0.05) is 12.1 Å². The molecule has 0 spiro atoms. The van der Waals surface area contributed by atoms with Crippen LogP contribution in [-0.2, 0) is 15.9 Å². The number of pyridine rings is 2. The zero-order valence-corrected chi connectivity index (χ0v) is 19.9. The number of ether oxygens (including phenoxy) is 2. The van der Waals surface area contributed by atoms with Crippen molar-refractivity contribution < 1.29 is 9.47 Å². The largest absolute Gasteiger partial charge is 0.373 e. The van der Waals surface area contributed by atoms with Gasteiger partial charge in [0.05, 0.1) is 17.7 Å². The molecule has 0 bridgehead atoms. The number of rotatable bonds is 5. The van der Waals surface area contributed by atoms with Gasteiger partial charge in [-0.25, -0.2) is 9.97 Å². The van der Waals surface area contributed by atoms with E-state index < -0.39 is 5.79 Å². The van der Waals surface area contributed by atoms with Gasteiger partial charge >= 0.3 is 0 Å². The highest BCUT2D eigenvalue weighted by Crippen LogP contribution is 2.73. The molecule has 3 fully saturated rings. The Morgan fingerprint density at radius 1 is 1.09 bits per heavy atom. The van der Waals surface area contributed by atoms with Gasteiger partial charge in [-0.05, 0) is 81.0 Å². The molecule has 2 saturated carbocycles. The zero-order valence-electron chi connectivity index (χ0n) is 19.9. The Kier molecular flexibility index (Phi) is 4.22. The van der Waals surface area contributed by atoms with Crippen molar-refractivity contribution in [2.24, 2.45) is 11.3 Å². The molecule has 4 aromatic rings. The fraction of sp³-hybridized carbons (Fsp3) is 0.429. The lowest BCUT2D eigenvalue weighted by atomic mass is 9.91. The molecule has 3 aliphatic rings. The number of anilines is 1. The smallest absolute Gasteiger partial charge is 0.163 e. The van der Waals surface area contributed by atoms with Crippen molar-refractivity contribution in [1.82, 2.24) is 14.5 Å². The molecule has 7 rings (SSSR count). The third-order valence-corrected chi connectivity index (χ3v) is 8.31. The van der Waals surface area contributed by atoms with E-state index >= 15 is 0 Å². The molecule has 6 heteroatoms. The van der Waals surface area contributed by atoms with Crippen molar-refractivity contribution >= 4 is 27.8 Å². The molecular formula is C28H30N4O2. The number of hydrogen-bond acceptors (Lipinski definition) is 5. The normalized spacial score (nSPS) is 31.0. The van der Waals surface area contributed by atoms with E-state index in [-0.39, 0.29) is 23.7 Å². The summed E-state index contributed by atoms with van der Waals surface area (Å²) in [5.74, 6) is 0.893. The summed E-state index contributed by atoms with van der Waals surface area (Å²) in [5.41, 5.74) is 3.58. The van der Waals surface area contributed by atoms with Gasteiger partial charge in [0.1, 0.15) is 17.6 Å². The second-order valence-electron chi connectivity index (χ2n) is 10.7. The van der Waals surface area contributed by atoms with Crippen molar-refractivity contribution in [3.63, 3.8) is 0 Å². The van der Waals surface area contributed by atoms with Crippen molar-refractivity contribution in [2.45, 2.75) is 57.1 Å². The molecule has 0 unspecified atom stereocenters. The Labute approximate surface area is 199 Å². The molecule has 0 radical (unpaired) electrons. The minimum atomic E-state index is -0.555. The topological polar surface area (TPSA) is 61.2 Å². The Hall–Kier alpha value is -2.96. The Balaban J connectivity index is 1.20. The quantitative estimate of drug-likeness (QED) is 0.441. The lowest BCUT2D eigenvalue weighted by Crippen LogP contribution is -2.32. The zero-order chi connectivity index (χ0) is 23.1. The maximum absolute atomic E-state index is 6.58. The van der Waals surface area contributed by atoms with E-state index in [1.807, 2.05) is 39.2 Å². The first-order valence-corrected chi connectivity index (χ1v) is 12.3. The first-order chi connectivity index (χ1) is 16.5. The molecule has 2 aliphatic carbocycles. The van der Waals surface area contributed by atoms with Crippen LogP contribution < -0.4 is 5.32 Å². The van der Waals surface area contributed by atoms with Crippen LogP contribution in [0.4, 0.5) is 5.82 Å². The minimum Gasteiger partial charge on any atom is -0.373 e. The molecule has 34 heavy (non-hydrogen) atoms. The predicted octanol–water partition coefficient (Wildman–Crippen LogP) is 5.34. The Morgan fingerprint density at radius 3 is 2.85 bits per heavy atom. The first-order valence-electron chi connectivity index (χ1n) is 12.3. The van der Waals surface area contributed by atoms with Crippen LogP contribution in [0.1, 0.15) is 38.3 Å². The molecule has 1 saturated heterocycles.